The maximum Gasteiger partial charge on any atom is 0.258 e. The summed E-state index contributed by atoms with van der Waals surface area (Å²) in [5.74, 6) is 1.14. The third kappa shape index (κ3) is 4.17. The maximum absolute atomic E-state index is 12.6. The van der Waals surface area contributed by atoms with Gasteiger partial charge in [-0.3, -0.25) is 4.79 Å². The van der Waals surface area contributed by atoms with E-state index in [0.717, 1.165) is 6.42 Å². The van der Waals surface area contributed by atoms with E-state index in [9.17, 15) is 4.79 Å². The number of carbonyl (C=O) groups is 1. The number of anilines is 1. The zero-order valence-corrected chi connectivity index (χ0v) is 14.3. The molecular formula is C18H20ClNO3. The molecule has 0 aromatic heterocycles. The monoisotopic (exact) mass is 333 g/mol. The number of halogens is 1. The van der Waals surface area contributed by atoms with E-state index in [0.29, 0.717) is 34.4 Å². The van der Waals surface area contributed by atoms with Gasteiger partial charge < -0.3 is 14.4 Å². The van der Waals surface area contributed by atoms with E-state index in [1.807, 2.05) is 19.1 Å². The minimum atomic E-state index is -0.131. The van der Waals surface area contributed by atoms with Crippen LogP contribution in [0.5, 0.6) is 11.5 Å². The number of methoxy groups -OCH3 is 1. The molecular weight excluding hydrogens is 314 g/mol. The van der Waals surface area contributed by atoms with E-state index in [1.54, 1.807) is 49.4 Å². The molecule has 0 saturated heterocycles. The molecule has 122 valence electrons. The van der Waals surface area contributed by atoms with Crippen molar-refractivity contribution in [1.82, 2.24) is 0 Å². The smallest absolute Gasteiger partial charge is 0.258 e. The van der Waals surface area contributed by atoms with Crippen LogP contribution in [0.2, 0.25) is 5.02 Å². The number of hydrogen-bond acceptors (Lipinski definition) is 3. The van der Waals surface area contributed by atoms with Crippen molar-refractivity contribution in [1.29, 1.82) is 0 Å². The van der Waals surface area contributed by atoms with Crippen LogP contribution < -0.4 is 14.4 Å². The number of amides is 1. The molecule has 0 N–H and O–H groups in total. The van der Waals surface area contributed by atoms with Gasteiger partial charge in [-0.25, -0.2) is 0 Å². The molecule has 2 rings (SSSR count). The normalized spacial score (nSPS) is 10.3. The van der Waals surface area contributed by atoms with Crippen LogP contribution in [0.1, 0.15) is 23.7 Å². The van der Waals surface area contributed by atoms with Crippen molar-refractivity contribution >= 4 is 23.2 Å². The summed E-state index contributed by atoms with van der Waals surface area (Å²) < 4.78 is 10.7. The first-order valence-electron chi connectivity index (χ1n) is 7.41. The van der Waals surface area contributed by atoms with Gasteiger partial charge in [0.05, 0.1) is 18.7 Å². The zero-order valence-electron chi connectivity index (χ0n) is 13.5. The van der Waals surface area contributed by atoms with E-state index in [2.05, 4.69) is 0 Å². The van der Waals surface area contributed by atoms with Crippen molar-refractivity contribution in [3.63, 3.8) is 0 Å². The summed E-state index contributed by atoms with van der Waals surface area (Å²) in [6.07, 6.45) is 0.919. The lowest BCUT2D eigenvalue weighted by Crippen LogP contribution is -2.26. The second-order valence-electron chi connectivity index (χ2n) is 5.06. The third-order valence-electron chi connectivity index (χ3n) is 3.38. The first kappa shape index (κ1) is 17.2. The molecule has 0 fully saturated rings. The summed E-state index contributed by atoms with van der Waals surface area (Å²) in [6, 6.07) is 12.4. The zero-order chi connectivity index (χ0) is 16.8. The summed E-state index contributed by atoms with van der Waals surface area (Å²) in [4.78, 5) is 14.2. The molecule has 0 aliphatic heterocycles. The Bertz CT molecular complexity index is 688. The van der Waals surface area contributed by atoms with Crippen LogP contribution in [0, 0.1) is 0 Å². The molecule has 0 atom stereocenters. The summed E-state index contributed by atoms with van der Waals surface area (Å²) in [7, 11) is 3.26. The fourth-order valence-electron chi connectivity index (χ4n) is 2.11. The van der Waals surface area contributed by atoms with Gasteiger partial charge in [0.15, 0.2) is 0 Å². The Morgan fingerprint density at radius 3 is 2.65 bits per heavy atom. The molecule has 2 aromatic rings. The van der Waals surface area contributed by atoms with Gasteiger partial charge in [-0.1, -0.05) is 24.6 Å². The van der Waals surface area contributed by atoms with Gasteiger partial charge in [0.25, 0.3) is 5.91 Å². The van der Waals surface area contributed by atoms with E-state index in [-0.39, 0.29) is 5.91 Å². The minimum absolute atomic E-state index is 0.131. The highest BCUT2D eigenvalue weighted by Gasteiger charge is 2.15. The third-order valence-corrected chi connectivity index (χ3v) is 3.68. The number of hydrogen-bond donors (Lipinski definition) is 0. The molecule has 0 aliphatic carbocycles. The maximum atomic E-state index is 12.6. The molecule has 0 aliphatic rings. The fourth-order valence-corrected chi connectivity index (χ4v) is 2.37. The van der Waals surface area contributed by atoms with Gasteiger partial charge in [0.2, 0.25) is 0 Å². The van der Waals surface area contributed by atoms with E-state index in [1.165, 1.54) is 0 Å². The Kier molecular flexibility index (Phi) is 5.88. The largest absolute Gasteiger partial charge is 0.495 e. The van der Waals surface area contributed by atoms with Crippen LogP contribution in [0.15, 0.2) is 42.5 Å². The number of rotatable bonds is 6. The molecule has 4 nitrogen and oxygen atoms in total. The summed E-state index contributed by atoms with van der Waals surface area (Å²) in [6.45, 7) is 2.66. The molecule has 5 heteroatoms. The molecule has 0 heterocycles. The summed E-state index contributed by atoms with van der Waals surface area (Å²) in [5.41, 5.74) is 1.26. The molecule has 2 aromatic carbocycles. The van der Waals surface area contributed by atoms with Crippen molar-refractivity contribution < 1.29 is 14.3 Å². The topological polar surface area (TPSA) is 38.8 Å². The highest BCUT2D eigenvalue weighted by Crippen LogP contribution is 2.29. The van der Waals surface area contributed by atoms with E-state index < -0.39 is 0 Å². The molecule has 0 radical (unpaired) electrons. The Hall–Kier alpha value is -2.20. The van der Waals surface area contributed by atoms with Crippen molar-refractivity contribution in [3.05, 3.63) is 53.1 Å². The lowest BCUT2D eigenvalue weighted by molar-refractivity contribution is 0.0992. The fraction of sp³-hybridized carbons (Fsp3) is 0.278. The van der Waals surface area contributed by atoms with Crippen LogP contribution in [-0.4, -0.2) is 26.7 Å². The second kappa shape index (κ2) is 7.88. The molecule has 0 unspecified atom stereocenters. The summed E-state index contributed by atoms with van der Waals surface area (Å²) >= 11 is 6.12. The van der Waals surface area contributed by atoms with E-state index >= 15 is 0 Å². The summed E-state index contributed by atoms with van der Waals surface area (Å²) in [5, 5.41) is 0.463. The predicted molar refractivity (Wildman–Crippen MR) is 93.0 cm³/mol. The molecule has 0 saturated carbocycles. The van der Waals surface area contributed by atoms with Gasteiger partial charge in [0, 0.05) is 18.3 Å². The molecule has 1 amide bonds. The average molecular weight is 334 g/mol. The van der Waals surface area contributed by atoms with Crippen LogP contribution in [0.3, 0.4) is 0 Å². The Labute approximate surface area is 141 Å². The average Bonchev–Trinajstić information content (AvgIpc) is 2.58. The first-order chi connectivity index (χ1) is 11.1. The number of carbonyl (C=O) groups excluding carboxylic acids is 1. The van der Waals surface area contributed by atoms with Crippen LogP contribution in [0.25, 0.3) is 0 Å². The van der Waals surface area contributed by atoms with Gasteiger partial charge in [-0.15, -0.1) is 0 Å². The first-order valence-corrected chi connectivity index (χ1v) is 7.79. The standard InChI is InChI=1S/C18H20ClNO3/c1-4-10-23-15-7-5-6-13(11-15)18(21)20(2)14-8-9-17(22-3)16(19)12-14/h5-9,11-12H,4,10H2,1-3H3. The van der Waals surface area contributed by atoms with Crippen molar-refractivity contribution in [2.24, 2.45) is 0 Å². The number of benzene rings is 2. The van der Waals surface area contributed by atoms with Crippen LogP contribution in [0.4, 0.5) is 5.69 Å². The lowest BCUT2D eigenvalue weighted by atomic mass is 10.1. The molecule has 0 bridgehead atoms. The van der Waals surface area contributed by atoms with Gasteiger partial charge >= 0.3 is 0 Å². The predicted octanol–water partition coefficient (Wildman–Crippen LogP) is 4.41. The van der Waals surface area contributed by atoms with Gasteiger partial charge in [-0.2, -0.15) is 0 Å². The highest BCUT2D eigenvalue weighted by atomic mass is 35.5. The molecule has 0 spiro atoms. The van der Waals surface area contributed by atoms with Crippen LogP contribution in [-0.2, 0) is 0 Å². The quantitative estimate of drug-likeness (QED) is 0.785. The highest BCUT2D eigenvalue weighted by molar-refractivity contribution is 6.32. The Balaban J connectivity index is 2.20. The Morgan fingerprint density at radius 1 is 1.22 bits per heavy atom. The second-order valence-corrected chi connectivity index (χ2v) is 5.47. The van der Waals surface area contributed by atoms with Crippen molar-refractivity contribution in [2.75, 3.05) is 25.7 Å². The van der Waals surface area contributed by atoms with Crippen LogP contribution >= 0.6 is 11.6 Å². The van der Waals surface area contributed by atoms with Crippen molar-refractivity contribution in [3.8, 4) is 11.5 Å². The van der Waals surface area contributed by atoms with Gasteiger partial charge in [-0.05, 0) is 42.8 Å². The number of nitrogens with zero attached hydrogens (tertiary/aromatic N) is 1. The number of ether oxygens (including phenoxy) is 2. The lowest BCUT2D eigenvalue weighted by Gasteiger charge is -2.19. The Morgan fingerprint density at radius 2 is 2.00 bits per heavy atom. The van der Waals surface area contributed by atoms with Gasteiger partial charge in [0.1, 0.15) is 11.5 Å². The minimum Gasteiger partial charge on any atom is -0.495 e. The molecule has 23 heavy (non-hydrogen) atoms. The van der Waals surface area contributed by atoms with Crippen molar-refractivity contribution in [2.45, 2.75) is 13.3 Å². The van der Waals surface area contributed by atoms with E-state index in [4.69, 9.17) is 21.1 Å². The SMILES string of the molecule is CCCOc1cccc(C(=O)N(C)c2ccc(OC)c(Cl)c2)c1.